The van der Waals surface area contributed by atoms with Gasteiger partial charge in [-0.05, 0) is 61.4 Å². The number of aryl methyl sites for hydroxylation is 2. The first-order valence-electron chi connectivity index (χ1n) is 8.07. The number of carbonyl (C=O) groups is 1. The molecule has 0 saturated heterocycles. The molecule has 3 nitrogen and oxygen atoms in total. The molecule has 1 aliphatic carbocycles. The molecule has 1 aliphatic rings. The molecule has 120 valence electrons. The van der Waals surface area contributed by atoms with Gasteiger partial charge >= 0.3 is 6.03 Å². The fourth-order valence-corrected chi connectivity index (χ4v) is 3.21. The van der Waals surface area contributed by atoms with Gasteiger partial charge in [-0.25, -0.2) is 4.79 Å². The lowest BCUT2D eigenvalue weighted by atomic mass is 9.89. The largest absolute Gasteiger partial charge is 0.331 e. The van der Waals surface area contributed by atoms with Crippen LogP contribution in [0.3, 0.4) is 0 Å². The summed E-state index contributed by atoms with van der Waals surface area (Å²) in [4.78, 5) is 12.2. The lowest BCUT2D eigenvalue weighted by molar-refractivity contribution is 0.249. The van der Waals surface area contributed by atoms with Gasteiger partial charge in [-0.2, -0.15) is 0 Å². The quantitative estimate of drug-likeness (QED) is 0.808. The summed E-state index contributed by atoms with van der Waals surface area (Å²) in [5.74, 6) is 0. The second kappa shape index (κ2) is 7.05. The number of rotatable bonds is 3. The number of carbonyl (C=O) groups excluding carboxylic acids is 1. The van der Waals surface area contributed by atoms with Crippen LogP contribution in [0.4, 0.5) is 10.5 Å². The van der Waals surface area contributed by atoms with E-state index in [1.54, 1.807) is 12.1 Å². The predicted octanol–water partition coefficient (Wildman–Crippen LogP) is 5.10. The van der Waals surface area contributed by atoms with Crippen LogP contribution < -0.4 is 10.6 Å². The van der Waals surface area contributed by atoms with E-state index in [4.69, 9.17) is 11.6 Å². The highest BCUT2D eigenvalue weighted by Gasteiger charge is 2.14. The minimum absolute atomic E-state index is 0.0512. The molecule has 2 aromatic rings. The Morgan fingerprint density at radius 1 is 1.09 bits per heavy atom. The van der Waals surface area contributed by atoms with E-state index in [2.05, 4.69) is 28.8 Å². The van der Waals surface area contributed by atoms with Gasteiger partial charge in [0.05, 0.1) is 16.8 Å². The summed E-state index contributed by atoms with van der Waals surface area (Å²) in [6, 6.07) is 13.5. The molecule has 0 aromatic heterocycles. The topological polar surface area (TPSA) is 41.1 Å². The molecule has 23 heavy (non-hydrogen) atoms. The van der Waals surface area contributed by atoms with Crippen LogP contribution in [0.2, 0.25) is 5.02 Å². The van der Waals surface area contributed by atoms with Crippen molar-refractivity contribution < 1.29 is 4.79 Å². The number of hydrogen-bond donors (Lipinski definition) is 2. The summed E-state index contributed by atoms with van der Waals surface area (Å²) in [5, 5.41) is 6.29. The van der Waals surface area contributed by atoms with Gasteiger partial charge in [0.2, 0.25) is 0 Å². The van der Waals surface area contributed by atoms with Crippen molar-refractivity contribution in [2.45, 2.75) is 38.6 Å². The van der Waals surface area contributed by atoms with Crippen LogP contribution in [0.15, 0.2) is 42.5 Å². The minimum Gasteiger partial charge on any atom is -0.331 e. The summed E-state index contributed by atoms with van der Waals surface area (Å²) in [5.41, 5.74) is 4.63. The van der Waals surface area contributed by atoms with E-state index < -0.39 is 0 Å². The highest BCUT2D eigenvalue weighted by molar-refractivity contribution is 6.33. The first-order valence-corrected chi connectivity index (χ1v) is 8.45. The standard InChI is InChI=1S/C19H21ClN2O/c1-13(15-11-10-14-6-2-3-7-16(14)12-15)21-19(23)22-18-9-5-4-8-17(18)20/h4-5,8-13H,2-3,6-7H2,1H3,(H2,21,22,23). The van der Waals surface area contributed by atoms with Crippen molar-refractivity contribution in [1.82, 2.24) is 5.32 Å². The Hall–Kier alpha value is -2.00. The Kier molecular flexibility index (Phi) is 4.87. The maximum atomic E-state index is 12.2. The van der Waals surface area contributed by atoms with Gasteiger partial charge in [-0.1, -0.05) is 41.9 Å². The summed E-state index contributed by atoms with van der Waals surface area (Å²) in [7, 11) is 0. The third-order valence-corrected chi connectivity index (χ3v) is 4.67. The molecule has 0 heterocycles. The fraction of sp³-hybridized carbons (Fsp3) is 0.316. The minimum atomic E-state index is -0.247. The number of para-hydroxylation sites is 1. The van der Waals surface area contributed by atoms with Gasteiger partial charge in [0.25, 0.3) is 0 Å². The third kappa shape index (κ3) is 3.85. The molecular formula is C19H21ClN2O. The Morgan fingerprint density at radius 3 is 2.61 bits per heavy atom. The lowest BCUT2D eigenvalue weighted by Crippen LogP contribution is -2.31. The molecule has 1 unspecified atom stereocenters. The summed E-state index contributed by atoms with van der Waals surface area (Å²) >= 11 is 6.06. The number of urea groups is 1. The molecule has 0 bridgehead atoms. The van der Waals surface area contributed by atoms with E-state index in [0.717, 1.165) is 12.0 Å². The van der Waals surface area contributed by atoms with Crippen molar-refractivity contribution in [3.05, 3.63) is 64.2 Å². The van der Waals surface area contributed by atoms with Crippen molar-refractivity contribution >= 4 is 23.3 Å². The normalized spacial score (nSPS) is 14.7. The number of halogens is 1. The molecule has 0 aliphatic heterocycles. The second-order valence-electron chi connectivity index (χ2n) is 6.04. The maximum absolute atomic E-state index is 12.2. The molecule has 2 N–H and O–H groups in total. The molecule has 2 aromatic carbocycles. The predicted molar refractivity (Wildman–Crippen MR) is 95.1 cm³/mol. The van der Waals surface area contributed by atoms with Gasteiger partial charge in [0, 0.05) is 0 Å². The van der Waals surface area contributed by atoms with E-state index in [-0.39, 0.29) is 12.1 Å². The SMILES string of the molecule is CC(NC(=O)Nc1ccccc1Cl)c1ccc2c(c1)CCCC2. The smallest absolute Gasteiger partial charge is 0.319 e. The summed E-state index contributed by atoms with van der Waals surface area (Å²) < 4.78 is 0. The number of anilines is 1. The van der Waals surface area contributed by atoms with Crippen molar-refractivity contribution in [1.29, 1.82) is 0 Å². The highest BCUT2D eigenvalue weighted by atomic mass is 35.5. The van der Waals surface area contributed by atoms with E-state index in [1.165, 1.54) is 30.4 Å². The molecule has 2 amide bonds. The van der Waals surface area contributed by atoms with Crippen molar-refractivity contribution in [2.24, 2.45) is 0 Å². The van der Waals surface area contributed by atoms with Crippen molar-refractivity contribution in [3.63, 3.8) is 0 Å². The number of fused-ring (bicyclic) bond motifs is 1. The lowest BCUT2D eigenvalue weighted by Gasteiger charge is -2.20. The van der Waals surface area contributed by atoms with E-state index in [9.17, 15) is 4.79 Å². The Labute approximate surface area is 142 Å². The molecule has 0 saturated carbocycles. The number of hydrogen-bond acceptors (Lipinski definition) is 1. The zero-order chi connectivity index (χ0) is 16.2. The summed E-state index contributed by atoms with van der Waals surface area (Å²) in [6.45, 7) is 2.00. The van der Waals surface area contributed by atoms with Crippen LogP contribution in [0.5, 0.6) is 0 Å². The monoisotopic (exact) mass is 328 g/mol. The first-order chi connectivity index (χ1) is 11.1. The molecule has 3 rings (SSSR count). The highest BCUT2D eigenvalue weighted by Crippen LogP contribution is 2.25. The Balaban J connectivity index is 1.65. The zero-order valence-electron chi connectivity index (χ0n) is 13.2. The summed E-state index contributed by atoms with van der Waals surface area (Å²) in [6.07, 6.45) is 4.85. The van der Waals surface area contributed by atoms with Crippen LogP contribution in [0.25, 0.3) is 0 Å². The van der Waals surface area contributed by atoms with Gasteiger partial charge in [0.15, 0.2) is 0 Å². The van der Waals surface area contributed by atoms with E-state index in [0.29, 0.717) is 10.7 Å². The molecular weight excluding hydrogens is 308 g/mol. The van der Waals surface area contributed by atoms with Gasteiger partial charge < -0.3 is 10.6 Å². The van der Waals surface area contributed by atoms with Crippen molar-refractivity contribution in [2.75, 3.05) is 5.32 Å². The molecule has 0 radical (unpaired) electrons. The number of nitrogens with one attached hydrogen (secondary N) is 2. The van der Waals surface area contributed by atoms with E-state index >= 15 is 0 Å². The molecule has 4 heteroatoms. The Bertz CT molecular complexity index is 714. The van der Waals surface area contributed by atoms with E-state index in [1.807, 2.05) is 19.1 Å². The third-order valence-electron chi connectivity index (χ3n) is 4.34. The van der Waals surface area contributed by atoms with Gasteiger partial charge in [-0.15, -0.1) is 0 Å². The van der Waals surface area contributed by atoms with Crippen LogP contribution in [-0.4, -0.2) is 6.03 Å². The van der Waals surface area contributed by atoms with Gasteiger partial charge in [-0.3, -0.25) is 0 Å². The molecule has 0 spiro atoms. The molecule has 1 atom stereocenters. The zero-order valence-corrected chi connectivity index (χ0v) is 14.0. The number of benzene rings is 2. The average molecular weight is 329 g/mol. The second-order valence-corrected chi connectivity index (χ2v) is 6.44. The molecule has 0 fully saturated rings. The maximum Gasteiger partial charge on any atom is 0.319 e. The van der Waals surface area contributed by atoms with Crippen LogP contribution in [-0.2, 0) is 12.8 Å². The van der Waals surface area contributed by atoms with Crippen LogP contribution >= 0.6 is 11.6 Å². The fourth-order valence-electron chi connectivity index (χ4n) is 3.02. The van der Waals surface area contributed by atoms with Crippen LogP contribution in [0, 0.1) is 0 Å². The Morgan fingerprint density at radius 2 is 1.83 bits per heavy atom. The number of amides is 2. The van der Waals surface area contributed by atoms with Crippen molar-refractivity contribution in [3.8, 4) is 0 Å². The first kappa shape index (κ1) is 15.9. The average Bonchev–Trinajstić information content (AvgIpc) is 2.56. The van der Waals surface area contributed by atoms with Gasteiger partial charge in [0.1, 0.15) is 0 Å². The van der Waals surface area contributed by atoms with Crippen LogP contribution in [0.1, 0.15) is 42.5 Å².